The minimum Gasteiger partial charge on any atom is -0.466 e. The van der Waals surface area contributed by atoms with Crippen LogP contribution in [0.15, 0.2) is 36.5 Å². The van der Waals surface area contributed by atoms with Gasteiger partial charge in [-0.3, -0.25) is 9.59 Å². The molecule has 0 aromatic rings. The fourth-order valence-corrected chi connectivity index (χ4v) is 7.09. The van der Waals surface area contributed by atoms with Gasteiger partial charge in [0.1, 0.15) is 0 Å². The van der Waals surface area contributed by atoms with Crippen LogP contribution in [0.1, 0.15) is 245 Å². The van der Waals surface area contributed by atoms with Crippen LogP contribution in [0.5, 0.6) is 0 Å². The first-order valence-corrected chi connectivity index (χ1v) is 24.3. The molecule has 0 saturated heterocycles. The Labute approximate surface area is 347 Å². The van der Waals surface area contributed by atoms with Crippen molar-refractivity contribution in [2.24, 2.45) is 0 Å². The third-order valence-corrected chi connectivity index (χ3v) is 10.9. The van der Waals surface area contributed by atoms with Crippen LogP contribution in [0.4, 0.5) is 0 Å². The molecule has 328 valence electrons. The first-order valence-electron chi connectivity index (χ1n) is 24.3. The second kappa shape index (κ2) is 45.8. The molecule has 2 unspecified atom stereocenters. The van der Waals surface area contributed by atoms with E-state index < -0.39 is 12.1 Å². The zero-order chi connectivity index (χ0) is 40.8. The summed E-state index contributed by atoms with van der Waals surface area (Å²) in [5.41, 5.74) is 0. The number of esters is 1. The van der Waals surface area contributed by atoms with Gasteiger partial charge in [-0.05, 0) is 89.9 Å². The van der Waals surface area contributed by atoms with E-state index in [1.54, 1.807) is 6.08 Å². The molecular weight excluding hydrogens is 695 g/mol. The monoisotopic (exact) mass is 788 g/mol. The van der Waals surface area contributed by atoms with Gasteiger partial charge in [0.05, 0.1) is 25.4 Å². The lowest BCUT2D eigenvalue weighted by atomic mass is 10.0. The maximum Gasteiger partial charge on any atom is 0.305 e. The fraction of sp³-hybridized carbons (Fsp3) is 0.840. The summed E-state index contributed by atoms with van der Waals surface area (Å²) in [5.74, 6) is -0.130. The summed E-state index contributed by atoms with van der Waals surface area (Å²) in [5, 5.41) is 23.0. The average Bonchev–Trinajstić information content (AvgIpc) is 3.20. The van der Waals surface area contributed by atoms with Gasteiger partial charge in [-0.1, -0.05) is 179 Å². The molecule has 0 rings (SSSR count). The molecule has 0 aliphatic heterocycles. The predicted molar refractivity (Wildman–Crippen MR) is 241 cm³/mol. The molecule has 56 heavy (non-hydrogen) atoms. The lowest BCUT2D eigenvalue weighted by molar-refractivity contribution is -0.143. The van der Waals surface area contributed by atoms with Gasteiger partial charge < -0.3 is 20.3 Å². The summed E-state index contributed by atoms with van der Waals surface area (Å²) in [6.45, 7) is 4.81. The van der Waals surface area contributed by atoms with E-state index >= 15 is 0 Å². The molecule has 0 aromatic carbocycles. The molecule has 0 aliphatic rings. The largest absolute Gasteiger partial charge is 0.466 e. The van der Waals surface area contributed by atoms with E-state index in [2.05, 4.69) is 43.5 Å². The van der Waals surface area contributed by atoms with E-state index in [4.69, 9.17) is 4.74 Å². The van der Waals surface area contributed by atoms with Gasteiger partial charge in [-0.25, -0.2) is 0 Å². The topological polar surface area (TPSA) is 95.9 Å². The molecule has 3 N–H and O–H groups in total. The summed E-state index contributed by atoms with van der Waals surface area (Å²) in [6, 6.07) is -0.646. The molecule has 6 heteroatoms. The summed E-state index contributed by atoms with van der Waals surface area (Å²) < 4.78 is 5.43. The third-order valence-electron chi connectivity index (χ3n) is 10.9. The van der Waals surface area contributed by atoms with Crippen LogP contribution in [-0.2, 0) is 14.3 Å². The van der Waals surface area contributed by atoms with Crippen molar-refractivity contribution in [1.29, 1.82) is 0 Å². The van der Waals surface area contributed by atoms with Crippen molar-refractivity contribution >= 4 is 11.9 Å². The molecule has 0 heterocycles. The summed E-state index contributed by atoms with van der Waals surface area (Å²) >= 11 is 0. The molecule has 6 nitrogen and oxygen atoms in total. The number of carbonyl (C=O) groups excluding carboxylic acids is 2. The summed E-state index contributed by atoms with van der Waals surface area (Å²) in [6.07, 6.45) is 54.2. The van der Waals surface area contributed by atoms with Gasteiger partial charge in [0.2, 0.25) is 5.91 Å². The quantitative estimate of drug-likeness (QED) is 0.0325. The highest BCUT2D eigenvalue weighted by atomic mass is 16.5. The highest BCUT2D eigenvalue weighted by Gasteiger charge is 2.18. The van der Waals surface area contributed by atoms with Gasteiger partial charge in [-0.15, -0.1) is 0 Å². The standard InChI is InChI=1S/C50H93NO5/c1-3-5-7-9-11-13-15-17-19-24-28-32-36-40-44-50(55)56-45-41-37-33-29-25-21-20-23-27-31-35-39-43-49(54)51-47(46-52)48(53)42-38-34-30-26-22-18-16-14-12-10-8-6-4-2/h15,17,21,25,38,42,47-48,52-53H,3-14,16,18-20,22-24,26-37,39-41,43-46H2,1-2H3,(H,51,54)/b17-15-,25-21-,42-38+. The number of carbonyl (C=O) groups is 2. The van der Waals surface area contributed by atoms with Crippen molar-refractivity contribution in [2.45, 2.75) is 257 Å². The lowest BCUT2D eigenvalue weighted by Gasteiger charge is -2.20. The second-order valence-electron chi connectivity index (χ2n) is 16.4. The zero-order valence-electron chi connectivity index (χ0n) is 37.1. The summed E-state index contributed by atoms with van der Waals surface area (Å²) in [4.78, 5) is 24.4. The SMILES string of the molecule is CCCCCCC/C=C\CCCCCCCC(=O)OCCCCC/C=C\CCCCCCCC(=O)NC(CO)C(O)/C=C/CCCCCCCCCCCCC. The van der Waals surface area contributed by atoms with Gasteiger partial charge in [-0.2, -0.15) is 0 Å². The number of unbranched alkanes of at least 4 members (excludes halogenated alkanes) is 29. The van der Waals surface area contributed by atoms with E-state index in [9.17, 15) is 19.8 Å². The van der Waals surface area contributed by atoms with E-state index in [1.165, 1.54) is 135 Å². The van der Waals surface area contributed by atoms with Crippen LogP contribution < -0.4 is 5.32 Å². The molecule has 0 saturated carbocycles. The van der Waals surface area contributed by atoms with Crippen molar-refractivity contribution in [3.05, 3.63) is 36.5 Å². The van der Waals surface area contributed by atoms with Crippen LogP contribution in [0, 0.1) is 0 Å². The van der Waals surface area contributed by atoms with Crippen molar-refractivity contribution in [2.75, 3.05) is 13.2 Å². The van der Waals surface area contributed by atoms with Crippen LogP contribution in [0.3, 0.4) is 0 Å². The number of ether oxygens (including phenoxy) is 1. The van der Waals surface area contributed by atoms with Crippen LogP contribution in [0.2, 0.25) is 0 Å². The Bertz CT molecular complexity index is 915. The molecule has 0 aromatic heterocycles. The first kappa shape index (κ1) is 54.1. The maximum absolute atomic E-state index is 12.4. The third kappa shape index (κ3) is 41.7. The Morgan fingerprint density at radius 1 is 0.482 bits per heavy atom. The Balaban J connectivity index is 3.56. The van der Waals surface area contributed by atoms with Gasteiger partial charge >= 0.3 is 5.97 Å². The van der Waals surface area contributed by atoms with Crippen LogP contribution in [0.25, 0.3) is 0 Å². The highest BCUT2D eigenvalue weighted by molar-refractivity contribution is 5.76. The molecule has 0 spiro atoms. The van der Waals surface area contributed by atoms with E-state index in [1.807, 2.05) is 6.08 Å². The molecule has 0 aliphatic carbocycles. The minimum absolute atomic E-state index is 0.0338. The molecule has 1 amide bonds. The van der Waals surface area contributed by atoms with Crippen molar-refractivity contribution < 1.29 is 24.5 Å². The van der Waals surface area contributed by atoms with Crippen molar-refractivity contribution in [3.63, 3.8) is 0 Å². The predicted octanol–water partition coefficient (Wildman–Crippen LogP) is 14.1. The van der Waals surface area contributed by atoms with E-state index in [0.717, 1.165) is 83.5 Å². The summed E-state index contributed by atoms with van der Waals surface area (Å²) in [7, 11) is 0. The van der Waals surface area contributed by atoms with Crippen molar-refractivity contribution in [3.8, 4) is 0 Å². The Hall–Kier alpha value is -1.92. The van der Waals surface area contributed by atoms with Crippen LogP contribution in [-0.4, -0.2) is 47.4 Å². The number of amides is 1. The average molecular weight is 788 g/mol. The Kier molecular flexibility index (Phi) is 44.2. The van der Waals surface area contributed by atoms with E-state index in [-0.39, 0.29) is 18.5 Å². The zero-order valence-corrected chi connectivity index (χ0v) is 37.1. The van der Waals surface area contributed by atoms with Crippen molar-refractivity contribution in [1.82, 2.24) is 5.32 Å². The smallest absolute Gasteiger partial charge is 0.305 e. The minimum atomic E-state index is -0.860. The molecule has 0 fully saturated rings. The first-order chi connectivity index (χ1) is 27.5. The van der Waals surface area contributed by atoms with Gasteiger partial charge in [0.25, 0.3) is 0 Å². The number of aliphatic hydroxyl groups excluding tert-OH is 2. The number of nitrogens with one attached hydrogen (secondary N) is 1. The van der Waals surface area contributed by atoms with E-state index in [0.29, 0.717) is 19.4 Å². The fourth-order valence-electron chi connectivity index (χ4n) is 7.09. The Morgan fingerprint density at radius 2 is 0.839 bits per heavy atom. The second-order valence-corrected chi connectivity index (χ2v) is 16.4. The molecule has 0 bridgehead atoms. The van der Waals surface area contributed by atoms with Gasteiger partial charge in [0.15, 0.2) is 0 Å². The molecular formula is C50H93NO5. The maximum atomic E-state index is 12.4. The number of hydrogen-bond donors (Lipinski definition) is 3. The number of aliphatic hydroxyl groups is 2. The molecule has 2 atom stereocenters. The van der Waals surface area contributed by atoms with Gasteiger partial charge in [0, 0.05) is 12.8 Å². The number of rotatable bonds is 44. The normalized spacial score (nSPS) is 13.0. The molecule has 0 radical (unpaired) electrons. The van der Waals surface area contributed by atoms with Crippen LogP contribution >= 0.6 is 0 Å². The number of allylic oxidation sites excluding steroid dienone is 5. The lowest BCUT2D eigenvalue weighted by Crippen LogP contribution is -2.45. The number of hydrogen-bond acceptors (Lipinski definition) is 5. The highest BCUT2D eigenvalue weighted by Crippen LogP contribution is 2.14. The Morgan fingerprint density at radius 3 is 1.27 bits per heavy atom.